The number of amides is 1. The minimum atomic E-state index is -0.360. The van der Waals surface area contributed by atoms with Gasteiger partial charge in [-0.1, -0.05) is 42.1 Å². The number of hydrogen-bond donors (Lipinski definition) is 1. The quantitative estimate of drug-likeness (QED) is 0.458. The molecule has 3 rings (SSSR count). The molecule has 2 heterocycles. The molecule has 0 fully saturated rings. The molecule has 0 aliphatic rings. The van der Waals surface area contributed by atoms with E-state index in [1.165, 1.54) is 23.1 Å². The average Bonchev–Trinajstić information content (AvgIpc) is 3.23. The molecule has 0 saturated carbocycles. The minimum Gasteiger partial charge on any atom is -0.462 e. The number of esters is 1. The molecule has 0 aliphatic carbocycles. The van der Waals surface area contributed by atoms with Crippen LogP contribution in [0.1, 0.15) is 22.2 Å². The summed E-state index contributed by atoms with van der Waals surface area (Å²) in [6.45, 7) is 3.91. The summed E-state index contributed by atoms with van der Waals surface area (Å²) in [5.41, 5.74) is 2.87. The van der Waals surface area contributed by atoms with E-state index in [1.54, 1.807) is 13.0 Å². The summed E-state index contributed by atoms with van der Waals surface area (Å²) in [5, 5.41) is 4.24. The molecule has 0 atom stereocenters. The molecular weight excluding hydrogens is 394 g/mol. The minimum absolute atomic E-state index is 0.147. The zero-order valence-electron chi connectivity index (χ0n) is 15.9. The van der Waals surface area contributed by atoms with Crippen LogP contribution in [-0.4, -0.2) is 33.8 Å². The smallest absolute Gasteiger partial charge is 0.348 e. The van der Waals surface area contributed by atoms with Crippen molar-refractivity contribution in [1.29, 1.82) is 0 Å². The van der Waals surface area contributed by atoms with E-state index in [1.807, 2.05) is 55.1 Å². The third-order valence-corrected chi connectivity index (χ3v) is 6.17. The van der Waals surface area contributed by atoms with Gasteiger partial charge in [-0.15, -0.1) is 11.3 Å². The maximum atomic E-state index is 12.3. The third-order valence-electron chi connectivity index (χ3n) is 3.99. The highest BCUT2D eigenvalue weighted by Gasteiger charge is 2.16. The van der Waals surface area contributed by atoms with Crippen molar-refractivity contribution in [2.75, 3.05) is 17.7 Å². The van der Waals surface area contributed by atoms with Gasteiger partial charge in [0.1, 0.15) is 4.88 Å². The zero-order chi connectivity index (χ0) is 20.1. The van der Waals surface area contributed by atoms with Crippen LogP contribution < -0.4 is 5.32 Å². The van der Waals surface area contributed by atoms with E-state index in [9.17, 15) is 9.59 Å². The number of aromatic nitrogens is 2. The topological polar surface area (TPSA) is 73.2 Å². The number of benzene rings is 1. The molecule has 3 aromatic rings. The second-order valence-corrected chi connectivity index (χ2v) is 8.03. The van der Waals surface area contributed by atoms with Crippen molar-refractivity contribution in [3.05, 3.63) is 53.0 Å². The first-order valence-electron chi connectivity index (χ1n) is 8.77. The van der Waals surface area contributed by atoms with Crippen molar-refractivity contribution in [3.63, 3.8) is 0 Å². The summed E-state index contributed by atoms with van der Waals surface area (Å²) in [6, 6.07) is 11.8. The second kappa shape index (κ2) is 9.07. The lowest BCUT2D eigenvalue weighted by atomic mass is 10.2. The zero-order valence-corrected chi connectivity index (χ0v) is 17.5. The molecule has 0 unspecified atom stereocenters. The number of imidazole rings is 1. The third kappa shape index (κ3) is 4.63. The molecule has 0 spiro atoms. The number of ether oxygens (including phenoxy) is 1. The first-order chi connectivity index (χ1) is 13.5. The standard InChI is InChI=1S/C20H21N3O3S2/c1-4-26-19(25)18-13(2)10-17(28-18)22-16(24)12-27-20-21-11-15(23(20)3)14-8-6-5-7-9-14/h5-11H,4,12H2,1-3H3,(H,22,24). The van der Waals surface area contributed by atoms with Crippen LogP contribution in [0.2, 0.25) is 0 Å². The number of aryl methyl sites for hydroxylation is 1. The highest BCUT2D eigenvalue weighted by Crippen LogP contribution is 2.28. The monoisotopic (exact) mass is 415 g/mol. The highest BCUT2D eigenvalue weighted by atomic mass is 32.2. The number of anilines is 1. The molecule has 28 heavy (non-hydrogen) atoms. The van der Waals surface area contributed by atoms with Crippen molar-refractivity contribution >= 4 is 40.0 Å². The normalized spacial score (nSPS) is 10.7. The van der Waals surface area contributed by atoms with Crippen LogP contribution in [0.15, 0.2) is 47.8 Å². The van der Waals surface area contributed by atoms with Gasteiger partial charge in [-0.05, 0) is 31.0 Å². The summed E-state index contributed by atoms with van der Waals surface area (Å²) < 4.78 is 7.00. The summed E-state index contributed by atoms with van der Waals surface area (Å²) in [5.74, 6) is -0.280. The van der Waals surface area contributed by atoms with Crippen LogP contribution in [0.25, 0.3) is 11.3 Å². The van der Waals surface area contributed by atoms with E-state index in [4.69, 9.17) is 4.74 Å². The lowest BCUT2D eigenvalue weighted by Gasteiger charge is -2.06. The van der Waals surface area contributed by atoms with Gasteiger partial charge in [-0.3, -0.25) is 4.79 Å². The van der Waals surface area contributed by atoms with Crippen molar-refractivity contribution in [1.82, 2.24) is 9.55 Å². The fourth-order valence-corrected chi connectivity index (χ4v) is 4.38. The fourth-order valence-electron chi connectivity index (χ4n) is 2.65. The number of carbonyl (C=O) groups is 2. The first-order valence-corrected chi connectivity index (χ1v) is 10.6. The Balaban J connectivity index is 1.60. The molecule has 1 amide bonds. The molecule has 0 saturated heterocycles. The predicted octanol–water partition coefficient (Wildman–Crippen LogP) is 4.36. The van der Waals surface area contributed by atoms with Crippen molar-refractivity contribution in [2.24, 2.45) is 7.05 Å². The molecule has 146 valence electrons. The SMILES string of the molecule is CCOC(=O)c1sc(NC(=O)CSc2ncc(-c3ccccc3)n2C)cc1C. The molecular formula is C20H21N3O3S2. The van der Waals surface area contributed by atoms with Gasteiger partial charge in [0.25, 0.3) is 0 Å². The Morgan fingerprint density at radius 3 is 2.75 bits per heavy atom. The Morgan fingerprint density at radius 1 is 1.29 bits per heavy atom. The van der Waals surface area contributed by atoms with Gasteiger partial charge in [0.15, 0.2) is 5.16 Å². The van der Waals surface area contributed by atoms with E-state index in [0.29, 0.717) is 16.5 Å². The summed E-state index contributed by atoms with van der Waals surface area (Å²) in [7, 11) is 1.93. The lowest BCUT2D eigenvalue weighted by molar-refractivity contribution is -0.113. The summed E-state index contributed by atoms with van der Waals surface area (Å²) in [6.07, 6.45) is 1.81. The van der Waals surface area contributed by atoms with Gasteiger partial charge in [0, 0.05) is 7.05 Å². The predicted molar refractivity (Wildman–Crippen MR) is 113 cm³/mol. The number of thioether (sulfide) groups is 1. The van der Waals surface area contributed by atoms with E-state index in [0.717, 1.165) is 22.0 Å². The van der Waals surface area contributed by atoms with Gasteiger partial charge in [-0.25, -0.2) is 9.78 Å². The number of carbonyl (C=O) groups excluding carboxylic acids is 2. The van der Waals surface area contributed by atoms with Crippen molar-refractivity contribution < 1.29 is 14.3 Å². The van der Waals surface area contributed by atoms with Gasteiger partial charge in [-0.2, -0.15) is 0 Å². The second-order valence-electron chi connectivity index (χ2n) is 6.03. The average molecular weight is 416 g/mol. The number of hydrogen-bond acceptors (Lipinski definition) is 6. The Bertz CT molecular complexity index is 980. The summed E-state index contributed by atoms with van der Waals surface area (Å²) in [4.78, 5) is 29.1. The van der Waals surface area contributed by atoms with E-state index in [2.05, 4.69) is 10.3 Å². The van der Waals surface area contributed by atoms with Gasteiger partial charge < -0.3 is 14.6 Å². The Labute approximate surface area is 171 Å². The van der Waals surface area contributed by atoms with Gasteiger partial charge in [0.2, 0.25) is 5.91 Å². The van der Waals surface area contributed by atoms with Crippen molar-refractivity contribution in [2.45, 2.75) is 19.0 Å². The van der Waals surface area contributed by atoms with E-state index < -0.39 is 0 Å². The molecule has 0 radical (unpaired) electrons. The highest BCUT2D eigenvalue weighted by molar-refractivity contribution is 7.99. The molecule has 8 heteroatoms. The van der Waals surface area contributed by atoms with E-state index in [-0.39, 0.29) is 17.6 Å². The summed E-state index contributed by atoms with van der Waals surface area (Å²) >= 11 is 2.59. The van der Waals surface area contributed by atoms with Crippen LogP contribution >= 0.6 is 23.1 Å². The molecule has 1 aromatic carbocycles. The first kappa shape index (κ1) is 20.2. The maximum Gasteiger partial charge on any atom is 0.348 e. The Kier molecular flexibility index (Phi) is 6.53. The van der Waals surface area contributed by atoms with Gasteiger partial charge in [0.05, 0.1) is 29.3 Å². The van der Waals surface area contributed by atoms with E-state index >= 15 is 0 Å². The number of nitrogens with one attached hydrogen (secondary N) is 1. The molecule has 2 aromatic heterocycles. The van der Waals surface area contributed by atoms with Gasteiger partial charge >= 0.3 is 5.97 Å². The van der Waals surface area contributed by atoms with Crippen LogP contribution in [0.3, 0.4) is 0 Å². The largest absolute Gasteiger partial charge is 0.462 e. The number of thiophene rings is 1. The van der Waals surface area contributed by atoms with Crippen LogP contribution in [0.5, 0.6) is 0 Å². The Hall–Kier alpha value is -2.58. The maximum absolute atomic E-state index is 12.3. The Morgan fingerprint density at radius 2 is 2.04 bits per heavy atom. The molecule has 1 N–H and O–H groups in total. The fraction of sp³-hybridized carbons (Fsp3) is 0.250. The number of nitrogens with zero attached hydrogens (tertiary/aromatic N) is 2. The van der Waals surface area contributed by atoms with Crippen molar-refractivity contribution in [3.8, 4) is 11.3 Å². The molecule has 6 nitrogen and oxygen atoms in total. The molecule has 0 bridgehead atoms. The number of rotatable bonds is 7. The lowest BCUT2D eigenvalue weighted by Crippen LogP contribution is -2.13. The van der Waals surface area contributed by atoms with Crippen LogP contribution in [0, 0.1) is 6.92 Å². The van der Waals surface area contributed by atoms with Crippen LogP contribution in [0.4, 0.5) is 5.00 Å². The molecule has 0 aliphatic heterocycles. The van der Waals surface area contributed by atoms with Crippen LogP contribution in [-0.2, 0) is 16.6 Å².